The lowest BCUT2D eigenvalue weighted by Crippen LogP contribution is -2.29. The first-order valence-electron chi connectivity index (χ1n) is 5.97. The number of amides is 1. The lowest BCUT2D eigenvalue weighted by molar-refractivity contribution is 0.0765. The van der Waals surface area contributed by atoms with E-state index in [1.807, 2.05) is 12.1 Å². The van der Waals surface area contributed by atoms with Gasteiger partial charge in [-0.15, -0.1) is 0 Å². The van der Waals surface area contributed by atoms with Crippen LogP contribution in [0.15, 0.2) is 18.2 Å². The molecule has 1 amide bonds. The van der Waals surface area contributed by atoms with Crippen molar-refractivity contribution >= 4 is 5.91 Å². The van der Waals surface area contributed by atoms with Gasteiger partial charge in [0.15, 0.2) is 0 Å². The SMILES string of the molecule is O=C(c1ccc2c(c1)CCO2)N1CC[C@H](O)C1. The van der Waals surface area contributed by atoms with Gasteiger partial charge in [-0.05, 0) is 30.2 Å². The highest BCUT2D eigenvalue weighted by Crippen LogP contribution is 2.26. The monoisotopic (exact) mass is 233 g/mol. The molecule has 0 saturated carbocycles. The summed E-state index contributed by atoms with van der Waals surface area (Å²) in [7, 11) is 0. The fourth-order valence-corrected chi connectivity index (χ4v) is 2.43. The normalized spacial score (nSPS) is 22.4. The number of aliphatic hydroxyl groups excluding tert-OH is 1. The first-order chi connectivity index (χ1) is 8.24. The van der Waals surface area contributed by atoms with Gasteiger partial charge in [0.1, 0.15) is 5.75 Å². The number of likely N-dealkylation sites (tertiary alicyclic amines) is 1. The lowest BCUT2D eigenvalue weighted by Gasteiger charge is -2.15. The zero-order valence-electron chi connectivity index (χ0n) is 9.56. The average Bonchev–Trinajstić information content (AvgIpc) is 2.95. The molecule has 1 saturated heterocycles. The van der Waals surface area contributed by atoms with E-state index in [1.54, 1.807) is 11.0 Å². The Morgan fingerprint density at radius 1 is 1.47 bits per heavy atom. The molecule has 0 bridgehead atoms. The second-order valence-electron chi connectivity index (χ2n) is 4.61. The maximum atomic E-state index is 12.2. The van der Waals surface area contributed by atoms with Crippen LogP contribution in [0.4, 0.5) is 0 Å². The van der Waals surface area contributed by atoms with Gasteiger partial charge in [0.25, 0.3) is 5.91 Å². The van der Waals surface area contributed by atoms with Crippen LogP contribution in [0, 0.1) is 0 Å². The summed E-state index contributed by atoms with van der Waals surface area (Å²) in [6.45, 7) is 1.80. The van der Waals surface area contributed by atoms with Crippen molar-refractivity contribution in [3.8, 4) is 5.75 Å². The third-order valence-corrected chi connectivity index (χ3v) is 3.39. The number of fused-ring (bicyclic) bond motifs is 1. The molecule has 0 unspecified atom stereocenters. The summed E-state index contributed by atoms with van der Waals surface area (Å²) in [6, 6.07) is 5.58. The van der Waals surface area contributed by atoms with Gasteiger partial charge in [-0.2, -0.15) is 0 Å². The number of aliphatic hydroxyl groups is 1. The van der Waals surface area contributed by atoms with Gasteiger partial charge >= 0.3 is 0 Å². The molecule has 0 spiro atoms. The van der Waals surface area contributed by atoms with E-state index in [0.29, 0.717) is 31.7 Å². The lowest BCUT2D eigenvalue weighted by atomic mass is 10.1. The third-order valence-electron chi connectivity index (χ3n) is 3.39. The Kier molecular flexibility index (Phi) is 2.52. The second kappa shape index (κ2) is 4.04. The topological polar surface area (TPSA) is 49.8 Å². The zero-order valence-corrected chi connectivity index (χ0v) is 9.56. The molecule has 2 aliphatic heterocycles. The predicted molar refractivity (Wildman–Crippen MR) is 62.2 cm³/mol. The van der Waals surface area contributed by atoms with Gasteiger partial charge in [-0.3, -0.25) is 4.79 Å². The van der Waals surface area contributed by atoms with E-state index in [4.69, 9.17) is 4.74 Å². The van der Waals surface area contributed by atoms with Gasteiger partial charge in [-0.25, -0.2) is 0 Å². The number of benzene rings is 1. The maximum absolute atomic E-state index is 12.2. The van der Waals surface area contributed by atoms with Crippen LogP contribution < -0.4 is 4.74 Å². The molecule has 0 aliphatic carbocycles. The molecule has 1 aromatic rings. The van der Waals surface area contributed by atoms with Crippen LogP contribution in [0.1, 0.15) is 22.3 Å². The first-order valence-corrected chi connectivity index (χ1v) is 5.97. The van der Waals surface area contributed by atoms with E-state index >= 15 is 0 Å². The molecular formula is C13H15NO3. The highest BCUT2D eigenvalue weighted by Gasteiger charge is 2.26. The van der Waals surface area contributed by atoms with Crippen LogP contribution >= 0.6 is 0 Å². The number of hydrogen-bond donors (Lipinski definition) is 1. The standard InChI is InChI=1S/C13H15NO3/c15-11-3-5-14(8-11)13(16)10-1-2-12-9(7-10)4-6-17-12/h1-2,7,11,15H,3-6,8H2/t11-/m0/s1. The number of carbonyl (C=O) groups is 1. The number of ether oxygens (including phenoxy) is 1. The molecule has 0 aromatic heterocycles. The molecule has 3 rings (SSSR count). The first kappa shape index (κ1) is 10.6. The minimum Gasteiger partial charge on any atom is -0.493 e. The van der Waals surface area contributed by atoms with Crippen molar-refractivity contribution in [3.63, 3.8) is 0 Å². The van der Waals surface area contributed by atoms with Crippen LogP contribution in [0.5, 0.6) is 5.75 Å². The molecule has 4 heteroatoms. The van der Waals surface area contributed by atoms with Crippen molar-refractivity contribution in [3.05, 3.63) is 29.3 Å². The van der Waals surface area contributed by atoms with Crippen molar-refractivity contribution in [2.75, 3.05) is 19.7 Å². The largest absolute Gasteiger partial charge is 0.493 e. The summed E-state index contributed by atoms with van der Waals surface area (Å²) in [6.07, 6.45) is 1.19. The molecule has 90 valence electrons. The minimum atomic E-state index is -0.364. The number of rotatable bonds is 1. The van der Waals surface area contributed by atoms with Crippen LogP contribution in [0.2, 0.25) is 0 Å². The minimum absolute atomic E-state index is 0.0104. The number of β-amino-alcohol motifs (C(OH)–C–C–N with tert-alkyl or cyclic N) is 1. The summed E-state index contributed by atoms with van der Waals surface area (Å²) in [5.41, 5.74) is 1.80. The summed E-state index contributed by atoms with van der Waals surface area (Å²) < 4.78 is 5.41. The Labute approximate surface area is 99.8 Å². The van der Waals surface area contributed by atoms with Crippen LogP contribution in [-0.2, 0) is 6.42 Å². The van der Waals surface area contributed by atoms with Gasteiger partial charge in [0, 0.05) is 25.1 Å². The van der Waals surface area contributed by atoms with Crippen LogP contribution in [-0.4, -0.2) is 41.7 Å². The van der Waals surface area contributed by atoms with Gasteiger partial charge in [0.05, 0.1) is 12.7 Å². The van der Waals surface area contributed by atoms with Crippen molar-refractivity contribution < 1.29 is 14.6 Å². The molecule has 0 radical (unpaired) electrons. The molecule has 1 aromatic carbocycles. The van der Waals surface area contributed by atoms with Crippen molar-refractivity contribution in [1.82, 2.24) is 4.90 Å². The molecule has 1 fully saturated rings. The molecule has 17 heavy (non-hydrogen) atoms. The van der Waals surface area contributed by atoms with Gasteiger partial charge < -0.3 is 14.7 Å². The third kappa shape index (κ3) is 1.89. The predicted octanol–water partition coefficient (Wildman–Crippen LogP) is 0.828. The van der Waals surface area contributed by atoms with Gasteiger partial charge in [-0.1, -0.05) is 0 Å². The highest BCUT2D eigenvalue weighted by molar-refractivity contribution is 5.94. The quantitative estimate of drug-likeness (QED) is 0.781. The molecule has 1 N–H and O–H groups in total. The van der Waals surface area contributed by atoms with E-state index in [0.717, 1.165) is 17.7 Å². The van der Waals surface area contributed by atoms with E-state index in [-0.39, 0.29) is 12.0 Å². The molecule has 2 heterocycles. The summed E-state index contributed by atoms with van der Waals surface area (Å²) in [4.78, 5) is 13.9. The van der Waals surface area contributed by atoms with Crippen molar-refractivity contribution in [1.29, 1.82) is 0 Å². The van der Waals surface area contributed by atoms with Crippen molar-refractivity contribution in [2.24, 2.45) is 0 Å². The van der Waals surface area contributed by atoms with Crippen molar-refractivity contribution in [2.45, 2.75) is 18.9 Å². The van der Waals surface area contributed by atoms with E-state index in [2.05, 4.69) is 0 Å². The number of carbonyl (C=O) groups excluding carboxylic acids is 1. The average molecular weight is 233 g/mol. The maximum Gasteiger partial charge on any atom is 0.253 e. The Morgan fingerprint density at radius 3 is 3.12 bits per heavy atom. The van der Waals surface area contributed by atoms with E-state index in [9.17, 15) is 9.90 Å². The van der Waals surface area contributed by atoms with Crippen LogP contribution in [0.25, 0.3) is 0 Å². The highest BCUT2D eigenvalue weighted by atomic mass is 16.5. The number of hydrogen-bond acceptors (Lipinski definition) is 3. The Bertz CT molecular complexity index is 458. The molecule has 2 aliphatic rings. The summed E-state index contributed by atoms with van der Waals surface area (Å²) in [5, 5.41) is 9.44. The number of nitrogens with zero attached hydrogens (tertiary/aromatic N) is 1. The van der Waals surface area contributed by atoms with Gasteiger partial charge in [0.2, 0.25) is 0 Å². The zero-order chi connectivity index (χ0) is 11.8. The Hall–Kier alpha value is -1.55. The summed E-state index contributed by atoms with van der Waals surface area (Å²) >= 11 is 0. The molecular weight excluding hydrogens is 218 g/mol. The van der Waals surface area contributed by atoms with E-state index in [1.165, 1.54) is 0 Å². The Balaban J connectivity index is 1.82. The smallest absolute Gasteiger partial charge is 0.253 e. The van der Waals surface area contributed by atoms with Crippen LogP contribution in [0.3, 0.4) is 0 Å². The summed E-state index contributed by atoms with van der Waals surface area (Å²) in [5.74, 6) is 0.902. The van der Waals surface area contributed by atoms with E-state index < -0.39 is 0 Å². The second-order valence-corrected chi connectivity index (χ2v) is 4.61. The Morgan fingerprint density at radius 2 is 2.35 bits per heavy atom. The fourth-order valence-electron chi connectivity index (χ4n) is 2.43. The molecule has 1 atom stereocenters. The molecule has 4 nitrogen and oxygen atoms in total. The fraction of sp³-hybridized carbons (Fsp3) is 0.462.